The van der Waals surface area contributed by atoms with Gasteiger partial charge in [0.1, 0.15) is 0 Å². The van der Waals surface area contributed by atoms with E-state index in [1.165, 1.54) is 6.39 Å². The third kappa shape index (κ3) is 2.39. The average Bonchev–Trinajstić information content (AvgIpc) is 3.00. The van der Waals surface area contributed by atoms with Crippen molar-refractivity contribution in [3.05, 3.63) is 30.7 Å². The number of anilines is 1. The Morgan fingerprint density at radius 3 is 2.73 bits per heavy atom. The molecule has 2 aliphatic rings. The molecule has 0 bridgehead atoms. The van der Waals surface area contributed by atoms with E-state index in [-0.39, 0.29) is 17.2 Å². The molecule has 1 saturated heterocycles. The molecule has 0 radical (unpaired) electrons. The number of carbonyl (C=O) groups excluding carboxylic acids is 1. The Balaban J connectivity index is 1.40. The zero-order valence-electron chi connectivity index (χ0n) is 12.2. The first-order chi connectivity index (χ1) is 10.8. The first-order valence-corrected chi connectivity index (χ1v) is 7.65. The summed E-state index contributed by atoms with van der Waals surface area (Å²) in [5.41, 5.74) is 1.95. The highest BCUT2D eigenvalue weighted by Crippen LogP contribution is 2.58. The number of aromatic nitrogens is 2. The maximum Gasteiger partial charge on any atom is 0.228 e. The fraction of sp³-hybridized carbons (Fsp3) is 0.438. The van der Waals surface area contributed by atoms with Crippen LogP contribution < -0.4 is 10.6 Å². The van der Waals surface area contributed by atoms with Crippen molar-refractivity contribution < 1.29 is 9.32 Å². The summed E-state index contributed by atoms with van der Waals surface area (Å²) in [6, 6.07) is 7.52. The van der Waals surface area contributed by atoms with Crippen molar-refractivity contribution in [1.29, 1.82) is 0 Å². The van der Waals surface area contributed by atoms with Gasteiger partial charge in [0.15, 0.2) is 0 Å². The van der Waals surface area contributed by atoms with Gasteiger partial charge in [0, 0.05) is 17.2 Å². The summed E-state index contributed by atoms with van der Waals surface area (Å²) in [6.07, 6.45) is 4.56. The van der Waals surface area contributed by atoms with E-state index < -0.39 is 0 Å². The van der Waals surface area contributed by atoms with E-state index >= 15 is 0 Å². The van der Waals surface area contributed by atoms with Gasteiger partial charge < -0.3 is 15.2 Å². The summed E-state index contributed by atoms with van der Waals surface area (Å²) < 4.78 is 4.73. The zero-order valence-corrected chi connectivity index (χ0v) is 12.2. The lowest BCUT2D eigenvalue weighted by atomic mass is 9.92. The molecule has 1 atom stereocenters. The molecule has 1 unspecified atom stereocenters. The number of hydrogen-bond donors (Lipinski definition) is 2. The monoisotopic (exact) mass is 298 g/mol. The van der Waals surface area contributed by atoms with Crippen LogP contribution in [0, 0.1) is 11.3 Å². The number of piperidine rings is 1. The zero-order chi connectivity index (χ0) is 15.0. The molecule has 2 heterocycles. The SMILES string of the molecule is O=C(Nc1ccc(-c2ncon2)cc1)C1CC12CCNCC2. The van der Waals surface area contributed by atoms with Crippen LogP contribution in [-0.4, -0.2) is 29.1 Å². The predicted molar refractivity (Wildman–Crippen MR) is 81.0 cm³/mol. The van der Waals surface area contributed by atoms with Gasteiger partial charge in [0.05, 0.1) is 0 Å². The van der Waals surface area contributed by atoms with Gasteiger partial charge in [0.25, 0.3) is 0 Å². The molecular formula is C16H18N4O2. The van der Waals surface area contributed by atoms with Gasteiger partial charge in [-0.2, -0.15) is 4.98 Å². The van der Waals surface area contributed by atoms with E-state index in [2.05, 4.69) is 20.8 Å². The van der Waals surface area contributed by atoms with E-state index in [4.69, 9.17) is 4.52 Å². The van der Waals surface area contributed by atoms with E-state index in [9.17, 15) is 4.79 Å². The van der Waals surface area contributed by atoms with Crippen LogP contribution >= 0.6 is 0 Å². The lowest BCUT2D eigenvalue weighted by Gasteiger charge is -2.23. The van der Waals surface area contributed by atoms with Crippen molar-refractivity contribution in [3.8, 4) is 11.4 Å². The third-order valence-electron chi connectivity index (χ3n) is 4.88. The van der Waals surface area contributed by atoms with Crippen LogP contribution in [-0.2, 0) is 4.79 Å². The van der Waals surface area contributed by atoms with Crippen molar-refractivity contribution in [3.63, 3.8) is 0 Å². The molecule has 6 nitrogen and oxygen atoms in total. The Hall–Kier alpha value is -2.21. The Kier molecular flexibility index (Phi) is 3.18. The predicted octanol–water partition coefficient (Wildman–Crippen LogP) is 2.06. The fourth-order valence-electron chi connectivity index (χ4n) is 3.43. The van der Waals surface area contributed by atoms with Crippen LogP contribution in [0.3, 0.4) is 0 Å². The summed E-state index contributed by atoms with van der Waals surface area (Å²) in [6.45, 7) is 2.06. The van der Waals surface area contributed by atoms with Crippen molar-refractivity contribution in [2.45, 2.75) is 19.3 Å². The van der Waals surface area contributed by atoms with Gasteiger partial charge in [-0.1, -0.05) is 5.16 Å². The molecule has 1 amide bonds. The number of rotatable bonds is 3. The van der Waals surface area contributed by atoms with Gasteiger partial charge in [-0.05, 0) is 62.0 Å². The minimum Gasteiger partial charge on any atom is -0.342 e. The Morgan fingerprint density at radius 1 is 1.27 bits per heavy atom. The van der Waals surface area contributed by atoms with Crippen LogP contribution in [0.1, 0.15) is 19.3 Å². The van der Waals surface area contributed by atoms with Gasteiger partial charge in [0.2, 0.25) is 18.1 Å². The molecule has 2 aromatic rings. The number of hydrogen-bond acceptors (Lipinski definition) is 5. The molecule has 1 aromatic heterocycles. The van der Waals surface area contributed by atoms with Gasteiger partial charge in [-0.3, -0.25) is 4.79 Å². The Labute approximate surface area is 128 Å². The van der Waals surface area contributed by atoms with E-state index in [1.54, 1.807) is 0 Å². The maximum atomic E-state index is 12.4. The second kappa shape index (κ2) is 5.21. The standard InChI is InChI=1S/C16H18N4O2/c21-15(13-9-16(13)5-7-17-8-6-16)19-12-3-1-11(2-4-12)14-18-10-22-20-14/h1-4,10,13,17H,5-9H2,(H,19,21). The molecule has 1 aliphatic heterocycles. The third-order valence-corrected chi connectivity index (χ3v) is 4.88. The summed E-state index contributed by atoms with van der Waals surface area (Å²) in [5.74, 6) is 0.870. The van der Waals surface area contributed by atoms with Crippen LogP contribution in [0.25, 0.3) is 11.4 Å². The molecule has 1 aliphatic carbocycles. The normalized spacial score (nSPS) is 22.5. The molecular weight excluding hydrogens is 280 g/mol. The van der Waals surface area contributed by atoms with Gasteiger partial charge in [-0.15, -0.1) is 0 Å². The number of benzene rings is 1. The molecule has 22 heavy (non-hydrogen) atoms. The summed E-state index contributed by atoms with van der Waals surface area (Å²) in [7, 11) is 0. The summed E-state index contributed by atoms with van der Waals surface area (Å²) >= 11 is 0. The number of carbonyl (C=O) groups is 1. The number of amides is 1. The van der Waals surface area contributed by atoms with Crippen LogP contribution in [0.15, 0.2) is 35.2 Å². The largest absolute Gasteiger partial charge is 0.342 e. The fourth-order valence-corrected chi connectivity index (χ4v) is 3.43. The molecule has 1 spiro atoms. The molecule has 6 heteroatoms. The van der Waals surface area contributed by atoms with Crippen molar-refractivity contribution in [1.82, 2.24) is 15.5 Å². The molecule has 114 valence electrons. The number of nitrogens with one attached hydrogen (secondary N) is 2. The van der Waals surface area contributed by atoms with Crippen molar-refractivity contribution in [2.24, 2.45) is 11.3 Å². The first-order valence-electron chi connectivity index (χ1n) is 7.65. The molecule has 2 N–H and O–H groups in total. The maximum absolute atomic E-state index is 12.4. The van der Waals surface area contributed by atoms with Gasteiger partial charge >= 0.3 is 0 Å². The average molecular weight is 298 g/mol. The summed E-state index contributed by atoms with van der Waals surface area (Å²) in [5, 5.41) is 10.2. The topological polar surface area (TPSA) is 80.1 Å². The Bertz CT molecular complexity index is 660. The van der Waals surface area contributed by atoms with Crippen molar-refractivity contribution >= 4 is 11.6 Å². The van der Waals surface area contributed by atoms with E-state index in [0.29, 0.717) is 5.82 Å². The molecule has 4 rings (SSSR count). The molecule has 1 saturated carbocycles. The van der Waals surface area contributed by atoms with Crippen molar-refractivity contribution in [2.75, 3.05) is 18.4 Å². The van der Waals surface area contributed by atoms with Gasteiger partial charge in [-0.25, -0.2) is 0 Å². The lowest BCUT2D eigenvalue weighted by Crippen LogP contribution is -2.31. The highest BCUT2D eigenvalue weighted by molar-refractivity contribution is 5.95. The molecule has 1 aromatic carbocycles. The highest BCUT2D eigenvalue weighted by Gasteiger charge is 2.57. The minimum absolute atomic E-state index is 0.147. The molecule has 2 fully saturated rings. The Morgan fingerprint density at radius 2 is 2.05 bits per heavy atom. The quantitative estimate of drug-likeness (QED) is 0.906. The van der Waals surface area contributed by atoms with E-state index in [1.807, 2.05) is 24.3 Å². The van der Waals surface area contributed by atoms with Crippen LogP contribution in [0.5, 0.6) is 0 Å². The second-order valence-electron chi connectivity index (χ2n) is 6.19. The second-order valence-corrected chi connectivity index (χ2v) is 6.19. The smallest absolute Gasteiger partial charge is 0.228 e. The van der Waals surface area contributed by atoms with E-state index in [0.717, 1.165) is 43.6 Å². The minimum atomic E-state index is 0.147. The first kappa shape index (κ1) is 13.5. The lowest BCUT2D eigenvalue weighted by molar-refractivity contribution is -0.118. The summed E-state index contributed by atoms with van der Waals surface area (Å²) in [4.78, 5) is 16.4. The van der Waals surface area contributed by atoms with Crippen LogP contribution in [0.4, 0.5) is 5.69 Å². The highest BCUT2D eigenvalue weighted by atomic mass is 16.5. The van der Waals surface area contributed by atoms with Crippen LogP contribution in [0.2, 0.25) is 0 Å². The number of nitrogens with zero attached hydrogens (tertiary/aromatic N) is 2.